The van der Waals surface area contributed by atoms with Crippen molar-refractivity contribution in [1.29, 1.82) is 0 Å². The van der Waals surface area contributed by atoms with Gasteiger partial charge in [0.25, 0.3) is 5.91 Å². The first-order valence-electron chi connectivity index (χ1n) is 9.39. The zero-order valence-electron chi connectivity index (χ0n) is 16.4. The van der Waals surface area contributed by atoms with Crippen LogP contribution in [0.15, 0.2) is 91.5 Å². The summed E-state index contributed by atoms with van der Waals surface area (Å²) in [7, 11) is 1.64. The fourth-order valence-electron chi connectivity index (χ4n) is 2.99. The first kappa shape index (κ1) is 19.1. The molecular formula is C24H20N4O2. The maximum atomic E-state index is 12.4. The van der Waals surface area contributed by atoms with Crippen molar-refractivity contribution in [2.75, 3.05) is 17.7 Å². The zero-order valence-corrected chi connectivity index (χ0v) is 16.4. The molecule has 1 amide bonds. The number of hydrogen-bond donors (Lipinski definition) is 2. The van der Waals surface area contributed by atoms with E-state index >= 15 is 0 Å². The predicted octanol–water partition coefficient (Wildman–Crippen LogP) is 5.15. The second-order valence-electron chi connectivity index (χ2n) is 6.59. The van der Waals surface area contributed by atoms with E-state index in [0.29, 0.717) is 11.3 Å². The van der Waals surface area contributed by atoms with Crippen LogP contribution in [-0.2, 0) is 0 Å². The summed E-state index contributed by atoms with van der Waals surface area (Å²) in [6.45, 7) is 0. The van der Waals surface area contributed by atoms with Gasteiger partial charge in [-0.1, -0.05) is 12.1 Å². The second kappa shape index (κ2) is 8.87. The van der Waals surface area contributed by atoms with Crippen LogP contribution in [0.5, 0.6) is 5.75 Å². The van der Waals surface area contributed by atoms with Gasteiger partial charge in [-0.15, -0.1) is 0 Å². The van der Waals surface area contributed by atoms with Crippen molar-refractivity contribution in [3.05, 3.63) is 97.1 Å². The lowest BCUT2D eigenvalue weighted by atomic mass is 10.1. The smallest absolute Gasteiger partial charge is 0.255 e. The summed E-state index contributed by atoms with van der Waals surface area (Å²) in [6, 6.07) is 20.7. The number of ether oxygens (including phenoxy) is 1. The van der Waals surface area contributed by atoms with Gasteiger partial charge < -0.3 is 15.4 Å². The summed E-state index contributed by atoms with van der Waals surface area (Å²) in [5.74, 6) is 0.626. The predicted molar refractivity (Wildman–Crippen MR) is 118 cm³/mol. The van der Waals surface area contributed by atoms with Gasteiger partial charge in [-0.2, -0.15) is 0 Å². The highest BCUT2D eigenvalue weighted by atomic mass is 16.5. The number of carbonyl (C=O) groups is 1. The average Bonchev–Trinajstić information content (AvgIpc) is 2.80. The molecule has 4 rings (SSSR count). The monoisotopic (exact) mass is 396 g/mol. The molecule has 0 aliphatic heterocycles. The average molecular weight is 396 g/mol. The zero-order chi connectivity index (χ0) is 20.8. The Balaban J connectivity index is 1.52. The number of aromatic nitrogens is 2. The lowest BCUT2D eigenvalue weighted by molar-refractivity contribution is 0.102. The van der Waals surface area contributed by atoms with Gasteiger partial charge in [0.15, 0.2) is 0 Å². The molecule has 2 N–H and O–H groups in total. The first-order valence-corrected chi connectivity index (χ1v) is 9.39. The van der Waals surface area contributed by atoms with Crippen molar-refractivity contribution in [1.82, 2.24) is 9.97 Å². The van der Waals surface area contributed by atoms with Crippen LogP contribution in [0.1, 0.15) is 10.4 Å². The fraction of sp³-hybridized carbons (Fsp3) is 0.0417. The highest BCUT2D eigenvalue weighted by Crippen LogP contribution is 2.26. The van der Waals surface area contributed by atoms with Crippen LogP contribution in [0.3, 0.4) is 0 Å². The van der Waals surface area contributed by atoms with E-state index in [1.54, 1.807) is 44.0 Å². The van der Waals surface area contributed by atoms with Gasteiger partial charge in [0.1, 0.15) is 5.75 Å². The largest absolute Gasteiger partial charge is 0.497 e. The minimum Gasteiger partial charge on any atom is -0.497 e. The summed E-state index contributed by atoms with van der Waals surface area (Å²) in [5, 5.41) is 6.26. The van der Waals surface area contributed by atoms with Gasteiger partial charge in [0, 0.05) is 41.1 Å². The quantitative estimate of drug-likeness (QED) is 0.471. The van der Waals surface area contributed by atoms with E-state index in [4.69, 9.17) is 4.74 Å². The van der Waals surface area contributed by atoms with Gasteiger partial charge in [0.05, 0.1) is 19.0 Å². The number of rotatable bonds is 6. The van der Waals surface area contributed by atoms with Gasteiger partial charge >= 0.3 is 0 Å². The highest BCUT2D eigenvalue weighted by Gasteiger charge is 2.07. The van der Waals surface area contributed by atoms with Crippen LogP contribution < -0.4 is 15.4 Å². The van der Waals surface area contributed by atoms with E-state index in [1.165, 1.54) is 0 Å². The number of amides is 1. The molecule has 0 aliphatic carbocycles. The van der Waals surface area contributed by atoms with Gasteiger partial charge in [-0.3, -0.25) is 14.8 Å². The van der Waals surface area contributed by atoms with Gasteiger partial charge in [0.2, 0.25) is 0 Å². The summed E-state index contributed by atoms with van der Waals surface area (Å²) in [4.78, 5) is 20.7. The maximum Gasteiger partial charge on any atom is 0.255 e. The molecule has 0 fully saturated rings. The molecule has 148 valence electrons. The third kappa shape index (κ3) is 4.62. The summed E-state index contributed by atoms with van der Waals surface area (Å²) in [6.07, 6.45) is 6.75. The lowest BCUT2D eigenvalue weighted by Gasteiger charge is -2.10. The molecule has 4 aromatic rings. The second-order valence-corrected chi connectivity index (χ2v) is 6.59. The van der Waals surface area contributed by atoms with Crippen LogP contribution in [0.25, 0.3) is 11.1 Å². The van der Waals surface area contributed by atoms with E-state index in [2.05, 4.69) is 20.6 Å². The number of nitrogens with zero attached hydrogens (tertiary/aromatic N) is 2. The minimum atomic E-state index is -0.178. The summed E-state index contributed by atoms with van der Waals surface area (Å²) in [5.41, 5.74) is 4.96. The van der Waals surface area contributed by atoms with Crippen molar-refractivity contribution in [3.8, 4) is 16.9 Å². The Bertz CT molecular complexity index is 1150. The van der Waals surface area contributed by atoms with Crippen molar-refractivity contribution < 1.29 is 9.53 Å². The molecule has 0 saturated carbocycles. The first-order chi connectivity index (χ1) is 14.7. The lowest BCUT2D eigenvalue weighted by Crippen LogP contribution is -2.11. The van der Waals surface area contributed by atoms with Crippen LogP contribution >= 0.6 is 0 Å². The Morgan fingerprint density at radius 3 is 2.33 bits per heavy atom. The van der Waals surface area contributed by atoms with E-state index in [9.17, 15) is 4.79 Å². The van der Waals surface area contributed by atoms with Crippen molar-refractivity contribution >= 4 is 23.0 Å². The number of nitrogens with one attached hydrogen (secondary N) is 2. The molecule has 2 heterocycles. The normalized spacial score (nSPS) is 10.3. The van der Waals surface area contributed by atoms with Crippen LogP contribution in [0, 0.1) is 0 Å². The molecule has 0 saturated heterocycles. The molecule has 0 radical (unpaired) electrons. The van der Waals surface area contributed by atoms with Gasteiger partial charge in [-0.05, 0) is 60.2 Å². The summed E-state index contributed by atoms with van der Waals surface area (Å²) >= 11 is 0. The molecule has 0 unspecified atom stereocenters. The van der Waals surface area contributed by atoms with Gasteiger partial charge in [-0.25, -0.2) is 0 Å². The van der Waals surface area contributed by atoms with E-state index in [-0.39, 0.29) is 5.91 Å². The van der Waals surface area contributed by atoms with E-state index in [1.807, 2.05) is 54.6 Å². The SMILES string of the molecule is COc1ccc(Nc2cncc(-c3cccc(NC(=O)c4ccncc4)c3)c2)cc1. The van der Waals surface area contributed by atoms with Crippen molar-refractivity contribution in [2.45, 2.75) is 0 Å². The van der Waals surface area contributed by atoms with E-state index in [0.717, 1.165) is 28.3 Å². The van der Waals surface area contributed by atoms with Crippen LogP contribution in [-0.4, -0.2) is 23.0 Å². The number of anilines is 3. The number of carbonyl (C=O) groups excluding carboxylic acids is 1. The van der Waals surface area contributed by atoms with Crippen molar-refractivity contribution in [3.63, 3.8) is 0 Å². The Morgan fingerprint density at radius 1 is 0.800 bits per heavy atom. The third-order valence-corrected chi connectivity index (χ3v) is 4.51. The molecule has 0 atom stereocenters. The molecule has 2 aromatic heterocycles. The number of pyridine rings is 2. The Morgan fingerprint density at radius 2 is 1.57 bits per heavy atom. The standard InChI is InChI=1S/C24H20N4O2/c1-30-23-7-5-20(6-8-23)27-22-14-19(15-26-16-22)18-3-2-4-21(13-18)28-24(29)17-9-11-25-12-10-17/h2-16,27H,1H3,(H,28,29). The maximum absolute atomic E-state index is 12.4. The molecule has 6 nitrogen and oxygen atoms in total. The van der Waals surface area contributed by atoms with Crippen LogP contribution in [0.4, 0.5) is 17.1 Å². The molecular weight excluding hydrogens is 376 g/mol. The summed E-state index contributed by atoms with van der Waals surface area (Å²) < 4.78 is 5.19. The molecule has 0 aliphatic rings. The number of hydrogen-bond acceptors (Lipinski definition) is 5. The highest BCUT2D eigenvalue weighted by molar-refractivity contribution is 6.04. The minimum absolute atomic E-state index is 0.178. The third-order valence-electron chi connectivity index (χ3n) is 4.51. The Hall–Kier alpha value is -4.19. The Kier molecular flexibility index (Phi) is 5.66. The van der Waals surface area contributed by atoms with Crippen LogP contribution in [0.2, 0.25) is 0 Å². The Labute approximate surface area is 174 Å². The number of methoxy groups -OCH3 is 1. The van der Waals surface area contributed by atoms with E-state index < -0.39 is 0 Å². The molecule has 30 heavy (non-hydrogen) atoms. The molecule has 6 heteroatoms. The van der Waals surface area contributed by atoms with Crippen molar-refractivity contribution in [2.24, 2.45) is 0 Å². The number of benzene rings is 2. The topological polar surface area (TPSA) is 76.1 Å². The fourth-order valence-corrected chi connectivity index (χ4v) is 2.99. The molecule has 0 spiro atoms. The molecule has 2 aromatic carbocycles. The molecule has 0 bridgehead atoms.